The third kappa shape index (κ3) is 3.75. The zero-order valence-electron chi connectivity index (χ0n) is 19.2. The molecule has 6 nitrogen and oxygen atoms in total. The topological polar surface area (TPSA) is 63.1 Å². The van der Waals surface area contributed by atoms with Gasteiger partial charge in [-0.3, -0.25) is 9.48 Å². The second-order valence-electron chi connectivity index (χ2n) is 9.24. The van der Waals surface area contributed by atoms with E-state index in [1.54, 1.807) is 10.9 Å². The van der Waals surface area contributed by atoms with Crippen molar-refractivity contribution < 1.29 is 4.79 Å². The summed E-state index contributed by atoms with van der Waals surface area (Å²) in [7, 11) is 1.91. The molecule has 0 atom stereocenters. The molecule has 34 heavy (non-hydrogen) atoms. The number of benzene rings is 2. The van der Waals surface area contributed by atoms with Crippen LogP contribution in [0.4, 0.5) is 17.2 Å². The molecule has 170 valence electrons. The van der Waals surface area contributed by atoms with Crippen molar-refractivity contribution in [3.05, 3.63) is 89.9 Å². The molecule has 0 bridgehead atoms. The highest BCUT2D eigenvalue weighted by Gasteiger charge is 2.31. The number of aromatic nitrogens is 3. The number of carbonyl (C=O) groups excluding carboxylic acids is 1. The van der Waals surface area contributed by atoms with E-state index >= 15 is 0 Å². The maximum absolute atomic E-state index is 14.1. The van der Waals surface area contributed by atoms with Crippen molar-refractivity contribution in [1.29, 1.82) is 0 Å². The third-order valence-electron chi connectivity index (χ3n) is 7.06. The third-order valence-corrected chi connectivity index (χ3v) is 7.06. The van der Waals surface area contributed by atoms with Crippen LogP contribution in [0.3, 0.4) is 0 Å². The normalized spacial score (nSPS) is 15.4. The number of anilines is 3. The minimum Gasteiger partial charge on any atom is -0.338 e. The summed E-state index contributed by atoms with van der Waals surface area (Å²) in [5.41, 5.74) is 7.64. The van der Waals surface area contributed by atoms with Crippen molar-refractivity contribution in [3.8, 4) is 11.1 Å². The number of hydrogen-bond donors (Lipinski definition) is 1. The fourth-order valence-electron chi connectivity index (χ4n) is 5.19. The molecule has 0 fully saturated rings. The van der Waals surface area contributed by atoms with Crippen molar-refractivity contribution >= 4 is 23.1 Å². The summed E-state index contributed by atoms with van der Waals surface area (Å²) in [6, 6.07) is 18.8. The number of nitrogens with zero attached hydrogens (tertiary/aromatic N) is 4. The second-order valence-corrected chi connectivity index (χ2v) is 9.24. The van der Waals surface area contributed by atoms with Gasteiger partial charge in [0.1, 0.15) is 5.82 Å². The number of hydrogen-bond acceptors (Lipinski definition) is 4. The largest absolute Gasteiger partial charge is 0.338 e. The number of nitrogens with one attached hydrogen (secondary N) is 1. The first-order chi connectivity index (χ1) is 16.7. The first kappa shape index (κ1) is 20.7. The number of aryl methyl sites for hydroxylation is 3. The van der Waals surface area contributed by atoms with E-state index in [-0.39, 0.29) is 11.8 Å². The number of carbonyl (C=O) groups is 1. The van der Waals surface area contributed by atoms with Gasteiger partial charge in [-0.25, -0.2) is 4.98 Å². The lowest BCUT2D eigenvalue weighted by Gasteiger charge is -2.27. The van der Waals surface area contributed by atoms with Gasteiger partial charge in [0.25, 0.3) is 0 Å². The Balaban J connectivity index is 1.39. The summed E-state index contributed by atoms with van der Waals surface area (Å²) in [5, 5.41) is 7.80. The molecule has 2 aliphatic rings. The van der Waals surface area contributed by atoms with Crippen LogP contribution in [0.15, 0.2) is 73.2 Å². The Hall–Kier alpha value is -3.93. The second kappa shape index (κ2) is 8.45. The predicted molar refractivity (Wildman–Crippen MR) is 134 cm³/mol. The van der Waals surface area contributed by atoms with E-state index in [4.69, 9.17) is 0 Å². The summed E-state index contributed by atoms with van der Waals surface area (Å²) in [5.74, 6) is 0.984. The molecule has 4 aromatic rings. The molecular weight excluding hydrogens is 422 g/mol. The number of fused-ring (bicyclic) bond motifs is 3. The Morgan fingerprint density at radius 3 is 2.47 bits per heavy atom. The summed E-state index contributed by atoms with van der Waals surface area (Å²) in [6.45, 7) is 0.502. The zero-order valence-corrected chi connectivity index (χ0v) is 19.2. The summed E-state index contributed by atoms with van der Waals surface area (Å²) >= 11 is 0. The number of pyridine rings is 1. The van der Waals surface area contributed by atoms with Gasteiger partial charge in [-0.05, 0) is 60.6 Å². The van der Waals surface area contributed by atoms with Crippen LogP contribution >= 0.6 is 0 Å². The highest BCUT2D eigenvalue weighted by atomic mass is 16.2. The first-order valence-corrected chi connectivity index (χ1v) is 11.9. The Morgan fingerprint density at radius 2 is 1.74 bits per heavy atom. The average molecular weight is 450 g/mol. The molecule has 1 aliphatic heterocycles. The maximum atomic E-state index is 14.1. The van der Waals surface area contributed by atoms with E-state index < -0.39 is 0 Å². The van der Waals surface area contributed by atoms with E-state index in [9.17, 15) is 4.79 Å². The van der Waals surface area contributed by atoms with E-state index in [1.165, 1.54) is 11.1 Å². The molecule has 6 heteroatoms. The Kier molecular flexibility index (Phi) is 5.13. The standard InChI is InChI=1S/C28H27N5O/c1-32-17-24(16-30-32)22-12-13-25-26(15-22)33(18-23-7-4-14-29-27(23)31-25)28(34)21-10-8-19-5-2-3-6-20(19)9-11-21/h2-7,12-17,21H,8-11,18H2,1H3,(H,29,31). The molecule has 0 saturated heterocycles. The predicted octanol–water partition coefficient (Wildman–Crippen LogP) is 5.27. The highest BCUT2D eigenvalue weighted by molar-refractivity contribution is 6.00. The smallest absolute Gasteiger partial charge is 0.230 e. The fourth-order valence-corrected chi connectivity index (χ4v) is 5.19. The molecule has 0 unspecified atom stereocenters. The molecule has 0 spiro atoms. The Bertz CT molecular complexity index is 1350. The Morgan fingerprint density at radius 1 is 0.971 bits per heavy atom. The quantitative estimate of drug-likeness (QED) is 0.424. The molecule has 0 saturated carbocycles. The van der Waals surface area contributed by atoms with Crippen molar-refractivity contribution in [2.45, 2.75) is 32.2 Å². The van der Waals surface area contributed by atoms with Gasteiger partial charge in [-0.1, -0.05) is 36.4 Å². The van der Waals surface area contributed by atoms with Crippen LogP contribution in [-0.2, 0) is 31.2 Å². The molecule has 2 aromatic heterocycles. The molecule has 0 radical (unpaired) electrons. The molecule has 1 aliphatic carbocycles. The SMILES string of the molecule is Cn1cc(-c2ccc3c(c2)N(C(=O)C2CCc4ccccc4CC2)Cc2cccnc2N3)cn1. The van der Waals surface area contributed by atoms with Crippen molar-refractivity contribution in [1.82, 2.24) is 14.8 Å². The number of rotatable bonds is 2. The molecule has 1 N–H and O–H groups in total. The lowest BCUT2D eigenvalue weighted by molar-refractivity contribution is -0.122. The van der Waals surface area contributed by atoms with Crippen molar-refractivity contribution in [2.24, 2.45) is 13.0 Å². The van der Waals surface area contributed by atoms with E-state index in [0.29, 0.717) is 6.54 Å². The molecule has 3 heterocycles. The average Bonchev–Trinajstić information content (AvgIpc) is 3.09. The summed E-state index contributed by atoms with van der Waals surface area (Å²) < 4.78 is 1.80. The van der Waals surface area contributed by atoms with E-state index in [1.807, 2.05) is 42.5 Å². The van der Waals surface area contributed by atoms with Gasteiger partial charge in [-0.15, -0.1) is 0 Å². The lowest BCUT2D eigenvalue weighted by atomic mass is 9.97. The van der Waals surface area contributed by atoms with Crippen LogP contribution in [0.25, 0.3) is 11.1 Å². The van der Waals surface area contributed by atoms with Crippen LogP contribution in [0.2, 0.25) is 0 Å². The van der Waals surface area contributed by atoms with Crippen LogP contribution in [0.5, 0.6) is 0 Å². The zero-order chi connectivity index (χ0) is 23.1. The van der Waals surface area contributed by atoms with Gasteiger partial charge in [0.05, 0.1) is 24.1 Å². The van der Waals surface area contributed by atoms with Crippen LogP contribution in [0.1, 0.15) is 29.5 Å². The minimum atomic E-state index is -0.0134. The molecule has 1 amide bonds. The van der Waals surface area contributed by atoms with Gasteiger partial charge < -0.3 is 10.2 Å². The van der Waals surface area contributed by atoms with Crippen LogP contribution in [-0.4, -0.2) is 20.7 Å². The number of amides is 1. The van der Waals surface area contributed by atoms with E-state index in [2.05, 4.69) is 51.8 Å². The fraction of sp³-hybridized carbons (Fsp3) is 0.250. The summed E-state index contributed by atoms with van der Waals surface area (Å²) in [6.07, 6.45) is 9.27. The monoisotopic (exact) mass is 449 g/mol. The molecule has 2 aromatic carbocycles. The van der Waals surface area contributed by atoms with Gasteiger partial charge >= 0.3 is 0 Å². The van der Waals surface area contributed by atoms with Crippen molar-refractivity contribution in [3.63, 3.8) is 0 Å². The van der Waals surface area contributed by atoms with Gasteiger partial charge in [0.15, 0.2) is 0 Å². The maximum Gasteiger partial charge on any atom is 0.230 e. The highest BCUT2D eigenvalue weighted by Crippen LogP contribution is 2.39. The molecular formula is C28H27N5O. The Labute approximate surface area is 199 Å². The minimum absolute atomic E-state index is 0.0134. The van der Waals surface area contributed by atoms with Crippen molar-refractivity contribution in [2.75, 3.05) is 10.2 Å². The van der Waals surface area contributed by atoms with Crippen LogP contribution < -0.4 is 10.2 Å². The van der Waals surface area contributed by atoms with Gasteiger partial charge in [0.2, 0.25) is 5.91 Å². The summed E-state index contributed by atoms with van der Waals surface area (Å²) in [4.78, 5) is 20.6. The lowest BCUT2D eigenvalue weighted by Crippen LogP contribution is -2.36. The van der Waals surface area contributed by atoms with Gasteiger partial charge in [0, 0.05) is 36.5 Å². The van der Waals surface area contributed by atoms with E-state index in [0.717, 1.165) is 59.6 Å². The first-order valence-electron chi connectivity index (χ1n) is 11.9. The van der Waals surface area contributed by atoms with Gasteiger partial charge in [-0.2, -0.15) is 5.10 Å². The van der Waals surface area contributed by atoms with Crippen LogP contribution in [0, 0.1) is 5.92 Å². The molecule has 6 rings (SSSR count).